The average Bonchev–Trinajstić information content (AvgIpc) is 3.58. The van der Waals surface area contributed by atoms with Crippen LogP contribution >= 0.6 is 0 Å². The van der Waals surface area contributed by atoms with Crippen molar-refractivity contribution >= 4 is 28.8 Å². The predicted molar refractivity (Wildman–Crippen MR) is 153 cm³/mol. The van der Waals surface area contributed by atoms with Crippen LogP contribution in [0.2, 0.25) is 0 Å². The highest BCUT2D eigenvalue weighted by Crippen LogP contribution is 2.29. The Labute approximate surface area is 237 Å². The van der Waals surface area contributed by atoms with Gasteiger partial charge in [0.05, 0.1) is 11.6 Å². The van der Waals surface area contributed by atoms with Crippen LogP contribution < -0.4 is 5.32 Å². The molecule has 3 heterocycles. The van der Waals surface area contributed by atoms with Crippen LogP contribution in [0, 0.1) is 17.2 Å². The van der Waals surface area contributed by atoms with E-state index < -0.39 is 23.8 Å². The number of amides is 3. The van der Waals surface area contributed by atoms with Gasteiger partial charge in [-0.05, 0) is 89.3 Å². The number of ether oxygens (including phenoxy) is 1. The fraction of sp³-hybridized carbons (Fsp3) is 0.613. The molecule has 216 valence electrons. The Hall–Kier alpha value is -3.54. The van der Waals surface area contributed by atoms with Crippen LogP contribution in [0.1, 0.15) is 78.5 Å². The SMILES string of the molecule is CCn1c(CC[C@@H]2CCCN2C(=O)[C@H](C(C)C)N2CC[C@H](NC(=O)OC(C)(C)C)C2=O)cc2ccc(C#N)cc21. The molecule has 0 saturated carbocycles. The quantitative estimate of drug-likeness (QED) is 0.518. The van der Waals surface area contributed by atoms with Crippen molar-refractivity contribution in [1.82, 2.24) is 19.7 Å². The number of aryl methyl sites for hydroxylation is 2. The number of carbonyl (C=O) groups is 3. The van der Waals surface area contributed by atoms with E-state index in [0.717, 1.165) is 43.1 Å². The molecule has 2 aromatic rings. The topological polar surface area (TPSA) is 108 Å². The van der Waals surface area contributed by atoms with Crippen LogP contribution in [-0.4, -0.2) is 69.1 Å². The van der Waals surface area contributed by atoms with E-state index in [1.807, 2.05) is 36.9 Å². The van der Waals surface area contributed by atoms with Crippen molar-refractivity contribution < 1.29 is 19.1 Å². The molecule has 2 aliphatic rings. The summed E-state index contributed by atoms with van der Waals surface area (Å²) >= 11 is 0. The molecule has 2 aliphatic heterocycles. The first kappa shape index (κ1) is 29.4. The average molecular weight is 550 g/mol. The van der Waals surface area contributed by atoms with E-state index in [4.69, 9.17) is 4.74 Å². The molecule has 1 N–H and O–H groups in total. The van der Waals surface area contributed by atoms with E-state index in [0.29, 0.717) is 25.1 Å². The van der Waals surface area contributed by atoms with E-state index in [-0.39, 0.29) is 23.8 Å². The molecule has 9 nitrogen and oxygen atoms in total. The second-order valence-electron chi connectivity index (χ2n) is 12.3. The number of hydrogen-bond acceptors (Lipinski definition) is 5. The van der Waals surface area contributed by atoms with Gasteiger partial charge in [0.25, 0.3) is 0 Å². The number of nitrogens with zero attached hydrogens (tertiary/aromatic N) is 4. The Kier molecular flexibility index (Phi) is 8.77. The molecule has 0 unspecified atom stereocenters. The van der Waals surface area contributed by atoms with Crippen molar-refractivity contribution in [2.75, 3.05) is 13.1 Å². The van der Waals surface area contributed by atoms with Gasteiger partial charge in [0, 0.05) is 36.9 Å². The van der Waals surface area contributed by atoms with Crippen LogP contribution in [-0.2, 0) is 27.3 Å². The molecule has 0 radical (unpaired) electrons. The summed E-state index contributed by atoms with van der Waals surface area (Å²) in [6.07, 6.45) is 3.39. The number of alkyl carbamates (subject to hydrolysis) is 1. The molecular weight excluding hydrogens is 506 g/mol. The zero-order valence-electron chi connectivity index (χ0n) is 24.7. The Bertz CT molecular complexity index is 1300. The van der Waals surface area contributed by atoms with Crippen molar-refractivity contribution in [3.63, 3.8) is 0 Å². The van der Waals surface area contributed by atoms with Gasteiger partial charge in [-0.3, -0.25) is 9.59 Å². The maximum Gasteiger partial charge on any atom is 0.408 e. The number of aromatic nitrogens is 1. The minimum absolute atomic E-state index is 0.00142. The number of benzene rings is 1. The number of hydrogen-bond donors (Lipinski definition) is 1. The standard InChI is InChI=1S/C31H43N5O4/c1-7-34-24(18-22-11-10-21(19-32)17-26(22)34)13-12-23-9-8-15-35(23)29(38)27(20(2)3)36-16-14-25(28(36)37)33-30(39)40-31(4,5)6/h10-11,17-18,20,23,25,27H,7-9,12-16H2,1-6H3,(H,33,39)/t23-,25-,27-/m0/s1. The van der Waals surface area contributed by atoms with Crippen LogP contribution in [0.4, 0.5) is 4.79 Å². The molecule has 2 fully saturated rings. The first-order valence-electron chi connectivity index (χ1n) is 14.6. The van der Waals surface area contributed by atoms with Crippen LogP contribution in [0.3, 0.4) is 0 Å². The smallest absolute Gasteiger partial charge is 0.408 e. The Morgan fingerprint density at radius 1 is 1.18 bits per heavy atom. The Morgan fingerprint density at radius 3 is 2.58 bits per heavy atom. The number of nitriles is 1. The second-order valence-corrected chi connectivity index (χ2v) is 12.3. The maximum atomic E-state index is 14.0. The van der Waals surface area contributed by atoms with E-state index in [2.05, 4.69) is 28.9 Å². The lowest BCUT2D eigenvalue weighted by Crippen LogP contribution is -2.54. The summed E-state index contributed by atoms with van der Waals surface area (Å²) in [6, 6.07) is 9.08. The summed E-state index contributed by atoms with van der Waals surface area (Å²) in [5.41, 5.74) is 2.27. The third kappa shape index (κ3) is 6.27. The first-order valence-corrected chi connectivity index (χ1v) is 14.6. The highest BCUT2D eigenvalue weighted by Gasteiger charge is 2.44. The summed E-state index contributed by atoms with van der Waals surface area (Å²) < 4.78 is 7.59. The third-order valence-electron chi connectivity index (χ3n) is 7.98. The summed E-state index contributed by atoms with van der Waals surface area (Å²) in [7, 11) is 0. The van der Waals surface area contributed by atoms with Gasteiger partial charge in [-0.2, -0.15) is 5.26 Å². The van der Waals surface area contributed by atoms with Gasteiger partial charge < -0.3 is 24.4 Å². The maximum absolute atomic E-state index is 14.0. The van der Waals surface area contributed by atoms with Gasteiger partial charge in [-0.1, -0.05) is 19.9 Å². The van der Waals surface area contributed by atoms with Gasteiger partial charge in [-0.15, -0.1) is 0 Å². The minimum Gasteiger partial charge on any atom is -0.444 e. The highest BCUT2D eigenvalue weighted by molar-refractivity contribution is 5.93. The summed E-state index contributed by atoms with van der Waals surface area (Å²) in [5, 5.41) is 13.1. The molecule has 4 rings (SSSR count). The fourth-order valence-corrected chi connectivity index (χ4v) is 6.21. The van der Waals surface area contributed by atoms with Gasteiger partial charge >= 0.3 is 6.09 Å². The van der Waals surface area contributed by atoms with Crippen molar-refractivity contribution in [2.24, 2.45) is 5.92 Å². The lowest BCUT2D eigenvalue weighted by atomic mass is 9.99. The van der Waals surface area contributed by atoms with Crippen LogP contribution in [0.5, 0.6) is 0 Å². The van der Waals surface area contributed by atoms with Crippen molar-refractivity contribution in [1.29, 1.82) is 5.26 Å². The van der Waals surface area contributed by atoms with Crippen molar-refractivity contribution in [2.45, 2.75) is 104 Å². The first-order chi connectivity index (χ1) is 18.9. The van der Waals surface area contributed by atoms with E-state index in [1.54, 1.807) is 25.7 Å². The largest absolute Gasteiger partial charge is 0.444 e. The van der Waals surface area contributed by atoms with Crippen molar-refractivity contribution in [3.8, 4) is 6.07 Å². The normalized spacial score (nSPS) is 20.3. The molecule has 9 heteroatoms. The number of carbonyl (C=O) groups excluding carboxylic acids is 3. The molecule has 1 aromatic heterocycles. The number of rotatable bonds is 8. The summed E-state index contributed by atoms with van der Waals surface area (Å²) in [5.74, 6) is -0.286. The molecule has 0 spiro atoms. The molecule has 3 atom stereocenters. The lowest BCUT2D eigenvalue weighted by Gasteiger charge is -2.36. The monoisotopic (exact) mass is 549 g/mol. The van der Waals surface area contributed by atoms with E-state index in [1.165, 1.54) is 5.69 Å². The molecule has 0 bridgehead atoms. The zero-order chi connectivity index (χ0) is 29.2. The van der Waals surface area contributed by atoms with Gasteiger partial charge in [0.15, 0.2) is 0 Å². The van der Waals surface area contributed by atoms with Gasteiger partial charge in [-0.25, -0.2) is 4.79 Å². The Morgan fingerprint density at radius 2 is 1.93 bits per heavy atom. The zero-order valence-corrected chi connectivity index (χ0v) is 24.7. The summed E-state index contributed by atoms with van der Waals surface area (Å²) in [4.78, 5) is 43.2. The third-order valence-corrected chi connectivity index (χ3v) is 7.98. The highest BCUT2D eigenvalue weighted by atomic mass is 16.6. The van der Waals surface area contributed by atoms with Crippen LogP contribution in [0.15, 0.2) is 24.3 Å². The fourth-order valence-electron chi connectivity index (χ4n) is 6.21. The molecular formula is C31H43N5O4. The number of nitrogens with one attached hydrogen (secondary N) is 1. The molecule has 0 aliphatic carbocycles. The number of fused-ring (bicyclic) bond motifs is 1. The molecule has 2 saturated heterocycles. The molecule has 40 heavy (non-hydrogen) atoms. The molecule has 3 amide bonds. The van der Waals surface area contributed by atoms with E-state index >= 15 is 0 Å². The molecule has 1 aromatic carbocycles. The predicted octanol–water partition coefficient (Wildman–Crippen LogP) is 4.61. The van der Waals surface area contributed by atoms with Crippen LogP contribution in [0.25, 0.3) is 10.9 Å². The van der Waals surface area contributed by atoms with Crippen molar-refractivity contribution in [3.05, 3.63) is 35.5 Å². The second kappa shape index (κ2) is 11.9. The van der Waals surface area contributed by atoms with Gasteiger partial charge in [0.1, 0.15) is 17.7 Å². The van der Waals surface area contributed by atoms with Gasteiger partial charge in [0.2, 0.25) is 11.8 Å². The van der Waals surface area contributed by atoms with E-state index in [9.17, 15) is 19.6 Å². The Balaban J connectivity index is 1.44. The number of likely N-dealkylation sites (tertiary alicyclic amines) is 2. The lowest BCUT2D eigenvalue weighted by molar-refractivity contribution is -0.146. The summed E-state index contributed by atoms with van der Waals surface area (Å²) in [6.45, 7) is 13.3. The minimum atomic E-state index is -0.684.